The Morgan fingerprint density at radius 3 is 2.24 bits per heavy atom. The Balaban J connectivity index is 1.51. The summed E-state index contributed by atoms with van der Waals surface area (Å²) in [7, 11) is 0. The van der Waals surface area contributed by atoms with Crippen LogP contribution in [0.4, 0.5) is 17.1 Å². The van der Waals surface area contributed by atoms with E-state index in [1.165, 1.54) is 0 Å². The minimum absolute atomic E-state index is 0.0820. The first-order valence-electron chi connectivity index (χ1n) is 10.4. The Morgan fingerprint density at radius 1 is 0.879 bits per heavy atom. The average molecular weight is 461 g/mol. The third kappa shape index (κ3) is 5.27. The van der Waals surface area contributed by atoms with Gasteiger partial charge in [0.15, 0.2) is 0 Å². The number of hydrogen-bond acceptors (Lipinski definition) is 6. The number of aromatic nitrogens is 1. The SMILES string of the molecule is O=C(NCCc1ccc(Cl)cc1)C(Nc1c(Nc2ccncc2)c(=O)c1=O)c1ccccc1. The van der Waals surface area contributed by atoms with Gasteiger partial charge in [-0.25, -0.2) is 0 Å². The van der Waals surface area contributed by atoms with Crippen LogP contribution in [0, 0.1) is 0 Å². The summed E-state index contributed by atoms with van der Waals surface area (Å²) in [6.07, 6.45) is 3.77. The standard InChI is InChI=1S/C25H21ClN4O3/c26-18-8-6-16(7-9-18)10-15-28-25(33)20(17-4-2-1-3-5-17)30-22-21(23(31)24(22)32)29-19-11-13-27-14-12-19/h1-9,11-14,20,30H,10,15H2,(H,27,29)(H,28,33). The fraction of sp³-hybridized carbons (Fsp3) is 0.120. The second kappa shape index (κ2) is 10.1. The molecule has 0 aliphatic heterocycles. The molecule has 0 aliphatic rings. The smallest absolute Gasteiger partial charge is 0.253 e. The van der Waals surface area contributed by atoms with Crippen molar-refractivity contribution in [3.63, 3.8) is 0 Å². The van der Waals surface area contributed by atoms with E-state index in [0.29, 0.717) is 29.2 Å². The monoisotopic (exact) mass is 460 g/mol. The Bertz CT molecular complexity index is 1300. The van der Waals surface area contributed by atoms with E-state index < -0.39 is 16.9 Å². The molecule has 7 nitrogen and oxygen atoms in total. The van der Waals surface area contributed by atoms with Gasteiger partial charge in [0.05, 0.1) is 0 Å². The zero-order valence-corrected chi connectivity index (χ0v) is 18.3. The molecule has 1 heterocycles. The highest BCUT2D eigenvalue weighted by Crippen LogP contribution is 2.25. The predicted molar refractivity (Wildman–Crippen MR) is 130 cm³/mol. The Labute approximate surface area is 195 Å². The molecular weight excluding hydrogens is 440 g/mol. The molecule has 0 spiro atoms. The zero-order valence-electron chi connectivity index (χ0n) is 17.5. The van der Waals surface area contributed by atoms with Gasteiger partial charge in [0.2, 0.25) is 5.91 Å². The third-order valence-corrected chi connectivity index (χ3v) is 5.42. The number of nitrogens with one attached hydrogen (secondary N) is 3. The van der Waals surface area contributed by atoms with Crippen LogP contribution < -0.4 is 26.8 Å². The van der Waals surface area contributed by atoms with Gasteiger partial charge in [0.25, 0.3) is 10.9 Å². The van der Waals surface area contributed by atoms with Crippen LogP contribution in [0.1, 0.15) is 17.2 Å². The number of hydrogen-bond donors (Lipinski definition) is 3. The number of amides is 1. The van der Waals surface area contributed by atoms with Gasteiger partial charge in [-0.05, 0) is 41.8 Å². The minimum Gasteiger partial charge on any atom is -0.365 e. The van der Waals surface area contributed by atoms with E-state index in [0.717, 1.165) is 5.56 Å². The number of pyridine rings is 1. The number of rotatable bonds is 9. The molecule has 0 aliphatic carbocycles. The van der Waals surface area contributed by atoms with Crippen molar-refractivity contribution in [1.82, 2.24) is 10.3 Å². The van der Waals surface area contributed by atoms with Crippen molar-refractivity contribution in [3.8, 4) is 0 Å². The molecule has 0 radical (unpaired) electrons. The molecule has 3 N–H and O–H groups in total. The number of halogens is 1. The fourth-order valence-electron chi connectivity index (χ4n) is 3.40. The maximum atomic E-state index is 13.1. The van der Waals surface area contributed by atoms with Gasteiger partial charge in [-0.1, -0.05) is 54.1 Å². The zero-order chi connectivity index (χ0) is 23.2. The number of carbonyl (C=O) groups is 1. The van der Waals surface area contributed by atoms with Crippen LogP contribution >= 0.6 is 11.6 Å². The molecule has 1 aromatic heterocycles. The number of anilines is 3. The van der Waals surface area contributed by atoms with E-state index in [1.54, 1.807) is 48.8 Å². The van der Waals surface area contributed by atoms with Crippen LogP contribution in [0.3, 0.4) is 0 Å². The van der Waals surface area contributed by atoms with E-state index in [2.05, 4.69) is 20.9 Å². The number of benzene rings is 2. The van der Waals surface area contributed by atoms with E-state index in [4.69, 9.17) is 11.6 Å². The van der Waals surface area contributed by atoms with E-state index in [9.17, 15) is 14.4 Å². The number of carbonyl (C=O) groups excluding carboxylic acids is 1. The first-order chi connectivity index (χ1) is 16.0. The van der Waals surface area contributed by atoms with E-state index in [1.807, 2.05) is 30.3 Å². The third-order valence-electron chi connectivity index (χ3n) is 5.17. The quantitative estimate of drug-likeness (QED) is 0.330. The predicted octanol–water partition coefficient (Wildman–Crippen LogP) is 3.59. The van der Waals surface area contributed by atoms with Crippen LogP contribution in [-0.4, -0.2) is 17.4 Å². The van der Waals surface area contributed by atoms with Crippen molar-refractivity contribution < 1.29 is 4.79 Å². The van der Waals surface area contributed by atoms with Gasteiger partial charge in [0.1, 0.15) is 17.4 Å². The molecule has 4 aromatic rings. The molecule has 166 valence electrons. The van der Waals surface area contributed by atoms with Crippen LogP contribution in [0.15, 0.2) is 88.7 Å². The van der Waals surface area contributed by atoms with Crippen LogP contribution in [0.2, 0.25) is 5.02 Å². The lowest BCUT2D eigenvalue weighted by atomic mass is 10.0. The topological polar surface area (TPSA) is 100 Å². The molecule has 4 rings (SSSR count). The molecule has 1 atom stereocenters. The van der Waals surface area contributed by atoms with Crippen molar-refractivity contribution in [2.45, 2.75) is 12.5 Å². The van der Waals surface area contributed by atoms with Gasteiger partial charge in [0, 0.05) is 29.6 Å². The van der Waals surface area contributed by atoms with Crippen LogP contribution in [0.5, 0.6) is 0 Å². The summed E-state index contributed by atoms with van der Waals surface area (Å²) in [6, 6.07) is 19.0. The second-order valence-corrected chi connectivity index (χ2v) is 7.86. The van der Waals surface area contributed by atoms with Crippen molar-refractivity contribution in [2.24, 2.45) is 0 Å². The first kappa shape index (κ1) is 22.2. The maximum Gasteiger partial charge on any atom is 0.253 e. The van der Waals surface area contributed by atoms with Gasteiger partial charge in [-0.3, -0.25) is 19.4 Å². The molecule has 8 heteroatoms. The number of nitrogens with zero attached hydrogens (tertiary/aromatic N) is 1. The molecule has 0 bridgehead atoms. The van der Waals surface area contributed by atoms with Crippen molar-refractivity contribution in [1.29, 1.82) is 0 Å². The lowest BCUT2D eigenvalue weighted by molar-refractivity contribution is -0.121. The molecule has 1 amide bonds. The normalized spacial score (nSPS) is 11.7. The van der Waals surface area contributed by atoms with Crippen LogP contribution in [-0.2, 0) is 11.2 Å². The van der Waals surface area contributed by atoms with Gasteiger partial charge in [-0.2, -0.15) is 0 Å². The first-order valence-corrected chi connectivity index (χ1v) is 10.7. The summed E-state index contributed by atoms with van der Waals surface area (Å²) >= 11 is 5.92. The highest BCUT2D eigenvalue weighted by atomic mass is 35.5. The van der Waals surface area contributed by atoms with Crippen molar-refractivity contribution >= 4 is 34.6 Å². The van der Waals surface area contributed by atoms with E-state index in [-0.39, 0.29) is 17.3 Å². The lowest BCUT2D eigenvalue weighted by Gasteiger charge is -2.22. The fourth-order valence-corrected chi connectivity index (χ4v) is 3.53. The molecule has 3 aromatic carbocycles. The molecule has 0 saturated carbocycles. The summed E-state index contributed by atoms with van der Waals surface area (Å²) < 4.78 is 0. The van der Waals surface area contributed by atoms with Gasteiger partial charge in [-0.15, -0.1) is 0 Å². The minimum atomic E-state index is -0.849. The molecule has 1 unspecified atom stereocenters. The molecular formula is C25H21ClN4O3. The highest BCUT2D eigenvalue weighted by Gasteiger charge is 2.27. The van der Waals surface area contributed by atoms with E-state index >= 15 is 0 Å². The summed E-state index contributed by atoms with van der Waals surface area (Å²) in [6.45, 7) is 0.402. The maximum absolute atomic E-state index is 13.1. The van der Waals surface area contributed by atoms with Crippen molar-refractivity contribution in [3.05, 3.63) is 116 Å². The average Bonchev–Trinajstić information content (AvgIpc) is 2.85. The summed E-state index contributed by atoms with van der Waals surface area (Å²) in [5, 5.41) is 9.48. The largest absolute Gasteiger partial charge is 0.365 e. The van der Waals surface area contributed by atoms with Crippen molar-refractivity contribution in [2.75, 3.05) is 17.2 Å². The molecule has 33 heavy (non-hydrogen) atoms. The van der Waals surface area contributed by atoms with Crippen LogP contribution in [0.25, 0.3) is 0 Å². The summed E-state index contributed by atoms with van der Waals surface area (Å²) in [4.78, 5) is 41.5. The summed E-state index contributed by atoms with van der Waals surface area (Å²) in [5.74, 6) is -0.307. The second-order valence-electron chi connectivity index (χ2n) is 7.42. The molecule has 0 fully saturated rings. The Kier molecular flexibility index (Phi) is 6.80. The van der Waals surface area contributed by atoms with Gasteiger partial charge >= 0.3 is 0 Å². The molecule has 0 saturated heterocycles. The Hall–Kier alpha value is -3.97. The lowest BCUT2D eigenvalue weighted by Crippen LogP contribution is -2.41. The highest BCUT2D eigenvalue weighted by molar-refractivity contribution is 6.30. The Morgan fingerprint density at radius 2 is 1.55 bits per heavy atom. The summed E-state index contributed by atoms with van der Waals surface area (Å²) in [5.41, 5.74) is 1.23. The van der Waals surface area contributed by atoms with Gasteiger partial charge < -0.3 is 16.0 Å².